The Morgan fingerprint density at radius 2 is 1.57 bits per heavy atom. The molecular formula is C20H17NO7. The Labute approximate surface area is 160 Å². The smallest absolute Gasteiger partial charge is 0.326 e. The van der Waals surface area contributed by atoms with Crippen LogP contribution < -0.4 is 9.47 Å². The molecule has 0 saturated heterocycles. The van der Waals surface area contributed by atoms with Crippen molar-refractivity contribution in [1.29, 1.82) is 0 Å². The van der Waals surface area contributed by atoms with E-state index in [0.717, 1.165) is 4.90 Å². The normalized spacial score (nSPS) is 12.6. The number of imide groups is 1. The highest BCUT2D eigenvalue weighted by atomic mass is 16.5. The SMILES string of the molecule is COc1ccc(OC)c(C(=O)COC(=O)CN2C(=O)c3ccccc3C2=O)c1. The summed E-state index contributed by atoms with van der Waals surface area (Å²) in [5.41, 5.74) is 0.658. The molecule has 28 heavy (non-hydrogen) atoms. The average molecular weight is 383 g/mol. The first kappa shape index (κ1) is 19.1. The van der Waals surface area contributed by atoms with E-state index in [2.05, 4.69) is 0 Å². The van der Waals surface area contributed by atoms with E-state index in [1.807, 2.05) is 0 Å². The topological polar surface area (TPSA) is 99.2 Å². The predicted octanol–water partition coefficient (Wildman–Crippen LogP) is 1.73. The van der Waals surface area contributed by atoms with E-state index in [4.69, 9.17) is 14.2 Å². The van der Waals surface area contributed by atoms with Crippen molar-refractivity contribution in [2.45, 2.75) is 0 Å². The molecule has 0 aliphatic carbocycles. The molecule has 2 amide bonds. The molecule has 3 rings (SSSR count). The maximum atomic E-state index is 12.4. The number of carbonyl (C=O) groups is 4. The third kappa shape index (κ3) is 3.57. The van der Waals surface area contributed by atoms with Gasteiger partial charge in [-0.25, -0.2) is 0 Å². The van der Waals surface area contributed by atoms with E-state index in [1.165, 1.54) is 32.4 Å². The van der Waals surface area contributed by atoms with Crippen LogP contribution in [0.1, 0.15) is 31.1 Å². The number of carbonyl (C=O) groups excluding carboxylic acids is 4. The first-order valence-electron chi connectivity index (χ1n) is 8.32. The zero-order valence-corrected chi connectivity index (χ0v) is 15.3. The van der Waals surface area contributed by atoms with Crippen molar-refractivity contribution >= 4 is 23.6 Å². The summed E-state index contributed by atoms with van der Waals surface area (Å²) in [4.78, 5) is 49.8. The molecule has 0 unspecified atom stereocenters. The van der Waals surface area contributed by atoms with Gasteiger partial charge in [-0.05, 0) is 30.3 Å². The highest BCUT2D eigenvalue weighted by Crippen LogP contribution is 2.25. The van der Waals surface area contributed by atoms with Gasteiger partial charge in [0.2, 0.25) is 5.78 Å². The molecule has 144 valence electrons. The van der Waals surface area contributed by atoms with Gasteiger partial charge in [0.1, 0.15) is 18.0 Å². The number of hydrogen-bond donors (Lipinski definition) is 0. The molecule has 1 aliphatic rings. The Bertz CT molecular complexity index is 932. The Kier molecular flexibility index (Phi) is 5.39. The first-order valence-corrected chi connectivity index (χ1v) is 8.32. The van der Waals surface area contributed by atoms with Crippen LogP contribution in [-0.4, -0.2) is 55.8 Å². The maximum Gasteiger partial charge on any atom is 0.326 e. The standard InChI is InChI=1S/C20H17NO7/c1-26-12-7-8-17(27-2)15(9-12)16(22)11-28-18(23)10-21-19(24)13-5-3-4-6-14(13)20(21)25/h3-9H,10-11H2,1-2H3. The maximum absolute atomic E-state index is 12.4. The van der Waals surface area contributed by atoms with Gasteiger partial charge >= 0.3 is 5.97 Å². The van der Waals surface area contributed by atoms with Crippen LogP contribution in [-0.2, 0) is 9.53 Å². The van der Waals surface area contributed by atoms with Gasteiger partial charge in [0.05, 0.1) is 30.9 Å². The number of Topliss-reactive ketones (excluding diaryl/α,β-unsaturated/α-hetero) is 1. The molecule has 0 atom stereocenters. The minimum absolute atomic E-state index is 0.190. The van der Waals surface area contributed by atoms with Gasteiger partial charge in [-0.3, -0.25) is 24.1 Å². The minimum Gasteiger partial charge on any atom is -0.497 e. The Morgan fingerprint density at radius 3 is 2.14 bits per heavy atom. The van der Waals surface area contributed by atoms with Crippen LogP contribution in [0.3, 0.4) is 0 Å². The Morgan fingerprint density at radius 1 is 0.929 bits per heavy atom. The third-order valence-corrected chi connectivity index (χ3v) is 4.24. The monoisotopic (exact) mass is 383 g/mol. The van der Waals surface area contributed by atoms with Gasteiger partial charge in [0, 0.05) is 0 Å². The van der Waals surface area contributed by atoms with Crippen molar-refractivity contribution in [2.75, 3.05) is 27.4 Å². The van der Waals surface area contributed by atoms with E-state index in [1.54, 1.807) is 24.3 Å². The highest BCUT2D eigenvalue weighted by Gasteiger charge is 2.36. The molecule has 0 spiro atoms. The minimum atomic E-state index is -0.871. The molecule has 0 N–H and O–H groups in total. The van der Waals surface area contributed by atoms with Crippen molar-refractivity contribution in [2.24, 2.45) is 0 Å². The lowest BCUT2D eigenvalue weighted by Crippen LogP contribution is -2.36. The van der Waals surface area contributed by atoms with Crippen LogP contribution in [0.4, 0.5) is 0 Å². The zero-order chi connectivity index (χ0) is 20.3. The predicted molar refractivity (Wildman–Crippen MR) is 96.6 cm³/mol. The Hall–Kier alpha value is -3.68. The third-order valence-electron chi connectivity index (χ3n) is 4.24. The fraction of sp³-hybridized carbons (Fsp3) is 0.200. The van der Waals surface area contributed by atoms with Crippen LogP contribution in [0.15, 0.2) is 42.5 Å². The van der Waals surface area contributed by atoms with Crippen LogP contribution >= 0.6 is 0 Å². The van der Waals surface area contributed by atoms with Gasteiger partial charge < -0.3 is 14.2 Å². The van der Waals surface area contributed by atoms with Gasteiger partial charge in [-0.15, -0.1) is 0 Å². The van der Waals surface area contributed by atoms with E-state index < -0.39 is 36.7 Å². The summed E-state index contributed by atoms with van der Waals surface area (Å²) in [5.74, 6) is -1.77. The van der Waals surface area contributed by atoms with Gasteiger partial charge in [0.25, 0.3) is 11.8 Å². The summed E-state index contributed by atoms with van der Waals surface area (Å²) in [6, 6.07) is 11.0. The number of rotatable bonds is 7. The zero-order valence-electron chi connectivity index (χ0n) is 15.3. The van der Waals surface area contributed by atoms with Gasteiger partial charge in [-0.1, -0.05) is 12.1 Å². The molecule has 0 bridgehead atoms. The lowest BCUT2D eigenvalue weighted by molar-refractivity contribution is -0.142. The molecular weight excluding hydrogens is 366 g/mol. The van der Waals surface area contributed by atoms with Crippen molar-refractivity contribution < 1.29 is 33.4 Å². The number of esters is 1. The average Bonchev–Trinajstić information content (AvgIpc) is 2.96. The molecule has 8 nitrogen and oxygen atoms in total. The number of ketones is 1. The summed E-state index contributed by atoms with van der Waals surface area (Å²) in [6.07, 6.45) is 0. The molecule has 0 aromatic heterocycles. The second kappa shape index (κ2) is 7.91. The molecule has 0 saturated carbocycles. The highest BCUT2D eigenvalue weighted by molar-refractivity contribution is 6.22. The van der Waals surface area contributed by atoms with Crippen LogP contribution in [0.5, 0.6) is 11.5 Å². The van der Waals surface area contributed by atoms with E-state index in [0.29, 0.717) is 11.5 Å². The Balaban J connectivity index is 1.63. The number of methoxy groups -OCH3 is 2. The lowest BCUT2D eigenvalue weighted by Gasteiger charge is -2.13. The summed E-state index contributed by atoms with van der Waals surface area (Å²) >= 11 is 0. The first-order chi connectivity index (χ1) is 13.5. The summed E-state index contributed by atoms with van der Waals surface area (Å²) in [7, 11) is 2.87. The van der Waals surface area contributed by atoms with Crippen molar-refractivity contribution in [3.05, 3.63) is 59.2 Å². The fourth-order valence-corrected chi connectivity index (χ4v) is 2.81. The van der Waals surface area contributed by atoms with E-state index in [9.17, 15) is 19.2 Å². The van der Waals surface area contributed by atoms with E-state index in [-0.39, 0.29) is 16.7 Å². The number of benzene rings is 2. The fourth-order valence-electron chi connectivity index (χ4n) is 2.81. The number of ether oxygens (including phenoxy) is 3. The molecule has 2 aromatic rings. The quantitative estimate of drug-likeness (QED) is 0.408. The van der Waals surface area contributed by atoms with Gasteiger partial charge in [-0.2, -0.15) is 0 Å². The molecule has 2 aromatic carbocycles. The number of fused-ring (bicyclic) bond motifs is 1. The van der Waals surface area contributed by atoms with Crippen LogP contribution in [0, 0.1) is 0 Å². The van der Waals surface area contributed by atoms with Gasteiger partial charge in [0.15, 0.2) is 6.61 Å². The second-order valence-electron chi connectivity index (χ2n) is 5.89. The van der Waals surface area contributed by atoms with Crippen LogP contribution in [0.25, 0.3) is 0 Å². The molecule has 1 aliphatic heterocycles. The van der Waals surface area contributed by atoms with Crippen molar-refractivity contribution in [1.82, 2.24) is 4.90 Å². The number of amides is 2. The summed E-state index contributed by atoms with van der Waals surface area (Å²) < 4.78 is 15.2. The largest absolute Gasteiger partial charge is 0.497 e. The second-order valence-corrected chi connectivity index (χ2v) is 5.89. The van der Waals surface area contributed by atoms with Crippen molar-refractivity contribution in [3.63, 3.8) is 0 Å². The molecule has 0 fully saturated rings. The molecule has 0 radical (unpaired) electrons. The van der Waals surface area contributed by atoms with Crippen molar-refractivity contribution in [3.8, 4) is 11.5 Å². The summed E-state index contributed by atoms with van der Waals surface area (Å²) in [6.45, 7) is -1.14. The summed E-state index contributed by atoms with van der Waals surface area (Å²) in [5, 5.41) is 0. The molecule has 1 heterocycles. The van der Waals surface area contributed by atoms with Crippen LogP contribution in [0.2, 0.25) is 0 Å². The molecule has 8 heteroatoms. The number of hydrogen-bond acceptors (Lipinski definition) is 7. The lowest BCUT2D eigenvalue weighted by atomic mass is 10.1. The van der Waals surface area contributed by atoms with E-state index >= 15 is 0 Å². The number of nitrogens with zero attached hydrogens (tertiary/aromatic N) is 1.